The average molecular weight is 338 g/mol. The van der Waals surface area contributed by atoms with Gasteiger partial charge >= 0.3 is 0 Å². The molecule has 0 radical (unpaired) electrons. The molecule has 0 spiro atoms. The predicted molar refractivity (Wildman–Crippen MR) is 91.0 cm³/mol. The van der Waals surface area contributed by atoms with Gasteiger partial charge in [-0.05, 0) is 55.3 Å². The van der Waals surface area contributed by atoms with Gasteiger partial charge in [0, 0.05) is 15.7 Å². The van der Waals surface area contributed by atoms with Crippen molar-refractivity contribution >= 4 is 34.8 Å². The Kier molecular flexibility index (Phi) is 5.69. The van der Waals surface area contributed by atoms with E-state index >= 15 is 0 Å². The van der Waals surface area contributed by atoms with E-state index in [1.165, 1.54) is 0 Å². The lowest BCUT2D eigenvalue weighted by atomic mass is 10.2. The third-order valence-electron chi connectivity index (χ3n) is 3.18. The molecule has 0 aliphatic heterocycles. The van der Waals surface area contributed by atoms with Crippen LogP contribution in [0, 0.1) is 6.92 Å². The highest BCUT2D eigenvalue weighted by Crippen LogP contribution is 2.22. The second-order valence-corrected chi connectivity index (χ2v) is 5.79. The number of halogens is 2. The normalized spacial score (nSPS) is 11.8. The van der Waals surface area contributed by atoms with E-state index < -0.39 is 6.10 Å². The monoisotopic (exact) mass is 337 g/mol. The van der Waals surface area contributed by atoms with Crippen molar-refractivity contribution in [2.75, 3.05) is 5.32 Å². The summed E-state index contributed by atoms with van der Waals surface area (Å²) in [4.78, 5) is 12.4. The average Bonchev–Trinajstić information content (AvgIpc) is 2.47. The number of benzene rings is 2. The molecule has 1 atom stereocenters. The minimum absolute atomic E-state index is 0.201. The van der Waals surface area contributed by atoms with Gasteiger partial charge in [-0.15, -0.1) is 0 Å². The van der Waals surface area contributed by atoms with Crippen molar-refractivity contribution in [2.24, 2.45) is 0 Å². The maximum atomic E-state index is 12.4. The Morgan fingerprint density at radius 3 is 2.55 bits per heavy atom. The Morgan fingerprint density at radius 2 is 1.91 bits per heavy atom. The predicted octanol–water partition coefficient (Wildman–Crippen LogP) is 5.10. The maximum absolute atomic E-state index is 12.4. The second-order valence-electron chi connectivity index (χ2n) is 4.92. The van der Waals surface area contributed by atoms with Crippen LogP contribution in [0.3, 0.4) is 0 Å². The second kappa shape index (κ2) is 7.52. The third kappa shape index (κ3) is 4.39. The first-order valence-corrected chi connectivity index (χ1v) is 7.74. The molecule has 116 valence electrons. The minimum Gasteiger partial charge on any atom is -0.481 e. The Morgan fingerprint density at radius 1 is 1.18 bits per heavy atom. The molecule has 1 amide bonds. The van der Waals surface area contributed by atoms with Crippen molar-refractivity contribution < 1.29 is 9.53 Å². The van der Waals surface area contributed by atoms with Crippen molar-refractivity contribution in [1.29, 1.82) is 0 Å². The van der Waals surface area contributed by atoms with Crippen molar-refractivity contribution in [3.05, 3.63) is 58.1 Å². The van der Waals surface area contributed by atoms with Gasteiger partial charge in [-0.2, -0.15) is 0 Å². The Balaban J connectivity index is 2.08. The highest BCUT2D eigenvalue weighted by molar-refractivity contribution is 6.31. The first-order chi connectivity index (χ1) is 10.5. The smallest absolute Gasteiger partial charge is 0.265 e. The molecule has 0 bridgehead atoms. The maximum Gasteiger partial charge on any atom is 0.265 e. The van der Waals surface area contributed by atoms with Crippen LogP contribution in [-0.2, 0) is 4.79 Å². The van der Waals surface area contributed by atoms with E-state index in [2.05, 4.69) is 5.32 Å². The van der Waals surface area contributed by atoms with Crippen LogP contribution in [0.15, 0.2) is 42.5 Å². The van der Waals surface area contributed by atoms with E-state index in [1.54, 1.807) is 42.5 Å². The molecule has 2 aromatic rings. The molecule has 0 fully saturated rings. The number of anilines is 1. The molecule has 0 aliphatic rings. The molecule has 0 aromatic heterocycles. The molecule has 0 saturated carbocycles. The van der Waals surface area contributed by atoms with Crippen molar-refractivity contribution in [3.8, 4) is 5.75 Å². The van der Waals surface area contributed by atoms with Crippen LogP contribution in [0.25, 0.3) is 0 Å². The molecule has 1 unspecified atom stereocenters. The molecule has 1 N–H and O–H groups in total. The largest absolute Gasteiger partial charge is 0.481 e. The zero-order valence-electron chi connectivity index (χ0n) is 12.4. The van der Waals surface area contributed by atoms with E-state index in [1.807, 2.05) is 13.8 Å². The summed E-state index contributed by atoms with van der Waals surface area (Å²) in [5.74, 6) is 0.371. The lowest BCUT2D eigenvalue weighted by molar-refractivity contribution is -0.122. The van der Waals surface area contributed by atoms with Gasteiger partial charge in [0.05, 0.1) is 0 Å². The Labute approximate surface area is 140 Å². The molecule has 22 heavy (non-hydrogen) atoms. The number of carbonyl (C=O) groups excluding carboxylic acids is 1. The van der Waals surface area contributed by atoms with Crippen molar-refractivity contribution in [2.45, 2.75) is 26.4 Å². The van der Waals surface area contributed by atoms with Gasteiger partial charge in [0.2, 0.25) is 0 Å². The number of rotatable bonds is 5. The molecule has 0 saturated heterocycles. The van der Waals surface area contributed by atoms with Crippen molar-refractivity contribution in [3.63, 3.8) is 0 Å². The van der Waals surface area contributed by atoms with Crippen LogP contribution >= 0.6 is 23.2 Å². The fourth-order valence-electron chi connectivity index (χ4n) is 2.01. The van der Waals surface area contributed by atoms with Gasteiger partial charge in [0.25, 0.3) is 5.91 Å². The third-order valence-corrected chi connectivity index (χ3v) is 3.65. The lowest BCUT2D eigenvalue weighted by Gasteiger charge is -2.18. The van der Waals surface area contributed by atoms with Crippen LogP contribution in [0.5, 0.6) is 5.75 Å². The summed E-state index contributed by atoms with van der Waals surface area (Å²) in [5, 5.41) is 4.08. The zero-order chi connectivity index (χ0) is 16.1. The van der Waals surface area contributed by atoms with Crippen molar-refractivity contribution in [1.82, 2.24) is 0 Å². The molecular weight excluding hydrogens is 321 g/mol. The molecule has 2 rings (SSSR count). The number of ether oxygens (including phenoxy) is 1. The summed E-state index contributed by atoms with van der Waals surface area (Å²) < 4.78 is 5.72. The fourth-order valence-corrected chi connectivity index (χ4v) is 2.41. The van der Waals surface area contributed by atoms with Gasteiger partial charge in [0.15, 0.2) is 6.10 Å². The first-order valence-electron chi connectivity index (χ1n) is 6.99. The Hall–Kier alpha value is -1.71. The van der Waals surface area contributed by atoms with Crippen LogP contribution in [0.1, 0.15) is 18.9 Å². The standard InChI is InChI=1S/C17H17Cl2NO2/c1-3-16(22-14-6-4-5-12(18)10-14)17(21)20-15-8-7-13(19)9-11(15)2/h4-10,16H,3H2,1-2H3,(H,20,21). The highest BCUT2D eigenvalue weighted by atomic mass is 35.5. The minimum atomic E-state index is -0.589. The van der Waals surface area contributed by atoms with E-state index in [9.17, 15) is 4.79 Å². The van der Waals surface area contributed by atoms with Gasteiger partial charge in [-0.3, -0.25) is 4.79 Å². The number of hydrogen-bond acceptors (Lipinski definition) is 2. The zero-order valence-corrected chi connectivity index (χ0v) is 13.9. The summed E-state index contributed by atoms with van der Waals surface area (Å²) in [6.45, 7) is 3.78. The van der Waals surface area contributed by atoms with E-state index in [0.717, 1.165) is 11.3 Å². The molecule has 2 aromatic carbocycles. The molecule has 0 aliphatic carbocycles. The topological polar surface area (TPSA) is 38.3 Å². The van der Waals surface area contributed by atoms with E-state index in [4.69, 9.17) is 27.9 Å². The SMILES string of the molecule is CCC(Oc1cccc(Cl)c1)C(=O)Nc1ccc(Cl)cc1C. The quantitative estimate of drug-likeness (QED) is 0.824. The molecule has 0 heterocycles. The van der Waals surface area contributed by atoms with Crippen LogP contribution < -0.4 is 10.1 Å². The highest BCUT2D eigenvalue weighted by Gasteiger charge is 2.19. The summed E-state index contributed by atoms with van der Waals surface area (Å²) in [7, 11) is 0. The first kappa shape index (κ1) is 16.7. The van der Waals surface area contributed by atoms with E-state index in [0.29, 0.717) is 22.2 Å². The number of hydrogen-bond donors (Lipinski definition) is 1. The summed E-state index contributed by atoms with van der Waals surface area (Å²) >= 11 is 11.8. The van der Waals surface area contributed by atoms with E-state index in [-0.39, 0.29) is 5.91 Å². The lowest BCUT2D eigenvalue weighted by Crippen LogP contribution is -2.32. The number of carbonyl (C=O) groups is 1. The van der Waals surface area contributed by atoms with Gasteiger partial charge in [0.1, 0.15) is 5.75 Å². The van der Waals surface area contributed by atoms with Gasteiger partial charge < -0.3 is 10.1 Å². The van der Waals surface area contributed by atoms with Gasteiger partial charge in [-0.1, -0.05) is 36.2 Å². The Bertz CT molecular complexity index is 673. The summed E-state index contributed by atoms with van der Waals surface area (Å²) in [5.41, 5.74) is 1.63. The molecule has 3 nitrogen and oxygen atoms in total. The number of amides is 1. The molecular formula is C17H17Cl2NO2. The van der Waals surface area contributed by atoms with Crippen LogP contribution in [0.4, 0.5) is 5.69 Å². The molecule has 5 heteroatoms. The van der Waals surface area contributed by atoms with Crippen LogP contribution in [0.2, 0.25) is 10.0 Å². The van der Waals surface area contributed by atoms with Gasteiger partial charge in [-0.25, -0.2) is 0 Å². The summed E-state index contributed by atoms with van der Waals surface area (Å²) in [6.07, 6.45) is -0.0427. The number of aryl methyl sites for hydroxylation is 1. The number of nitrogens with one attached hydrogen (secondary N) is 1. The fraction of sp³-hybridized carbons (Fsp3) is 0.235. The summed E-state index contributed by atoms with van der Waals surface area (Å²) in [6, 6.07) is 12.3. The van der Waals surface area contributed by atoms with Crippen LogP contribution in [-0.4, -0.2) is 12.0 Å².